The van der Waals surface area contributed by atoms with Crippen LogP contribution in [0, 0.1) is 10.1 Å². The molecule has 1 aromatic rings. The fourth-order valence-corrected chi connectivity index (χ4v) is 1.54. The van der Waals surface area contributed by atoms with E-state index >= 15 is 0 Å². The first-order chi connectivity index (χ1) is 8.01. The van der Waals surface area contributed by atoms with Crippen molar-refractivity contribution in [3.63, 3.8) is 0 Å². The first-order valence-electron chi connectivity index (χ1n) is 5.25. The fourth-order valence-electron chi connectivity index (χ4n) is 1.54. The molecule has 1 heterocycles. The van der Waals surface area contributed by atoms with Crippen LogP contribution in [0.5, 0.6) is 0 Å². The van der Waals surface area contributed by atoms with Crippen molar-refractivity contribution in [1.29, 1.82) is 0 Å². The Morgan fingerprint density at radius 3 is 2.71 bits per heavy atom. The van der Waals surface area contributed by atoms with E-state index in [2.05, 4.69) is 15.4 Å². The summed E-state index contributed by atoms with van der Waals surface area (Å²) < 4.78 is 0. The number of nitrogens with zero attached hydrogens (tertiary/aromatic N) is 4. The molecule has 0 amide bonds. The zero-order valence-corrected chi connectivity index (χ0v) is 10.0. The Morgan fingerprint density at radius 1 is 1.65 bits per heavy atom. The molecule has 0 aromatic carbocycles. The van der Waals surface area contributed by atoms with Crippen LogP contribution in [0.3, 0.4) is 0 Å². The molecule has 0 saturated heterocycles. The van der Waals surface area contributed by atoms with Crippen LogP contribution in [0.1, 0.15) is 20.8 Å². The Morgan fingerprint density at radius 2 is 2.29 bits per heavy atom. The molecule has 0 radical (unpaired) electrons. The van der Waals surface area contributed by atoms with Crippen molar-refractivity contribution >= 4 is 17.5 Å². The molecular weight excluding hydrogens is 224 g/mol. The van der Waals surface area contributed by atoms with E-state index in [9.17, 15) is 10.1 Å². The highest BCUT2D eigenvalue weighted by molar-refractivity contribution is 5.59. The summed E-state index contributed by atoms with van der Waals surface area (Å²) >= 11 is 0. The van der Waals surface area contributed by atoms with Crippen molar-refractivity contribution in [2.45, 2.75) is 26.8 Å². The summed E-state index contributed by atoms with van der Waals surface area (Å²) in [6, 6.07) is 0.0965. The quantitative estimate of drug-likeness (QED) is 0.447. The first-order valence-corrected chi connectivity index (χ1v) is 5.25. The molecule has 0 fully saturated rings. The minimum absolute atomic E-state index is 0.0965. The summed E-state index contributed by atoms with van der Waals surface area (Å²) in [7, 11) is 0. The molecule has 1 aromatic heterocycles. The zero-order chi connectivity index (χ0) is 13.0. The maximum Gasteiger partial charge on any atom is 0.329 e. The van der Waals surface area contributed by atoms with E-state index in [0.29, 0.717) is 6.54 Å². The van der Waals surface area contributed by atoms with Crippen LogP contribution in [-0.4, -0.2) is 27.5 Å². The summed E-state index contributed by atoms with van der Waals surface area (Å²) in [5.74, 6) is 5.63. The number of nitro groups is 1. The maximum atomic E-state index is 10.9. The molecule has 0 aliphatic rings. The molecule has 0 aliphatic heterocycles. The van der Waals surface area contributed by atoms with Gasteiger partial charge in [0.15, 0.2) is 0 Å². The van der Waals surface area contributed by atoms with Crippen molar-refractivity contribution in [3.8, 4) is 0 Å². The zero-order valence-electron chi connectivity index (χ0n) is 10.0. The van der Waals surface area contributed by atoms with Crippen LogP contribution in [0.25, 0.3) is 0 Å². The van der Waals surface area contributed by atoms with E-state index < -0.39 is 4.92 Å². The number of anilines is 2. The van der Waals surface area contributed by atoms with E-state index in [-0.39, 0.29) is 23.5 Å². The van der Waals surface area contributed by atoms with Gasteiger partial charge in [-0.1, -0.05) is 0 Å². The third-order valence-electron chi connectivity index (χ3n) is 2.31. The Kier molecular flexibility index (Phi) is 4.16. The molecule has 0 spiro atoms. The van der Waals surface area contributed by atoms with Crippen LogP contribution >= 0.6 is 0 Å². The maximum absolute atomic E-state index is 10.9. The number of nitrogens with two attached hydrogens (primary N) is 1. The predicted octanol–water partition coefficient (Wildman–Crippen LogP) is 0.905. The molecule has 0 bridgehead atoms. The normalized spacial score (nSPS) is 10.4. The second-order valence-corrected chi connectivity index (χ2v) is 3.68. The van der Waals surface area contributed by atoms with Gasteiger partial charge in [-0.2, -0.15) is 4.98 Å². The Hall–Kier alpha value is -1.96. The molecule has 17 heavy (non-hydrogen) atoms. The molecule has 0 unspecified atom stereocenters. The Bertz CT molecular complexity index is 408. The van der Waals surface area contributed by atoms with Gasteiger partial charge in [0.25, 0.3) is 0 Å². The third kappa shape index (κ3) is 2.78. The van der Waals surface area contributed by atoms with Gasteiger partial charge in [0.2, 0.25) is 11.8 Å². The van der Waals surface area contributed by atoms with Gasteiger partial charge < -0.3 is 4.90 Å². The monoisotopic (exact) mass is 240 g/mol. The average Bonchev–Trinajstić information content (AvgIpc) is 2.29. The highest BCUT2D eigenvalue weighted by Crippen LogP contribution is 2.27. The van der Waals surface area contributed by atoms with Crippen molar-refractivity contribution in [1.82, 2.24) is 9.97 Å². The van der Waals surface area contributed by atoms with Crippen LogP contribution < -0.4 is 16.2 Å². The molecule has 3 N–H and O–H groups in total. The highest BCUT2D eigenvalue weighted by Gasteiger charge is 2.23. The van der Waals surface area contributed by atoms with Crippen LogP contribution in [-0.2, 0) is 0 Å². The van der Waals surface area contributed by atoms with E-state index in [0.717, 1.165) is 6.20 Å². The van der Waals surface area contributed by atoms with E-state index in [1.807, 2.05) is 20.8 Å². The number of nitrogen functional groups attached to an aromatic ring is 1. The smallest absolute Gasteiger partial charge is 0.329 e. The lowest BCUT2D eigenvalue weighted by Crippen LogP contribution is -2.32. The van der Waals surface area contributed by atoms with E-state index in [1.54, 1.807) is 4.90 Å². The molecule has 0 aliphatic carbocycles. The van der Waals surface area contributed by atoms with Gasteiger partial charge in [-0.15, -0.1) is 0 Å². The van der Waals surface area contributed by atoms with E-state index in [1.165, 1.54) is 0 Å². The number of aromatic nitrogens is 2. The minimum atomic E-state index is -0.499. The second kappa shape index (κ2) is 5.39. The lowest BCUT2D eigenvalue weighted by molar-refractivity contribution is -0.384. The standard InChI is InChI=1S/C9H16N6O2/c1-4-14(6(2)3)8-7(15(16)17)5-11-9(12-8)13-10/h5-6H,4,10H2,1-3H3,(H,11,12,13). The number of rotatable bonds is 5. The molecule has 1 rings (SSSR count). The molecule has 8 nitrogen and oxygen atoms in total. The van der Waals surface area contributed by atoms with Gasteiger partial charge in [-0.25, -0.2) is 10.8 Å². The van der Waals surface area contributed by atoms with E-state index in [4.69, 9.17) is 5.84 Å². The van der Waals surface area contributed by atoms with Crippen LogP contribution in [0.2, 0.25) is 0 Å². The summed E-state index contributed by atoms with van der Waals surface area (Å²) in [6.07, 6.45) is 1.16. The van der Waals surface area contributed by atoms with Crippen molar-refractivity contribution < 1.29 is 4.92 Å². The number of hydrazine groups is 1. The summed E-state index contributed by atoms with van der Waals surface area (Å²) in [5, 5.41) is 10.9. The Labute approximate surface area is 99.0 Å². The molecular formula is C9H16N6O2. The number of hydrogen-bond donors (Lipinski definition) is 2. The molecule has 0 atom stereocenters. The van der Waals surface area contributed by atoms with Crippen molar-refractivity contribution in [2.75, 3.05) is 16.9 Å². The molecule has 94 valence electrons. The predicted molar refractivity (Wildman–Crippen MR) is 64.7 cm³/mol. The second-order valence-electron chi connectivity index (χ2n) is 3.68. The lowest BCUT2D eigenvalue weighted by atomic mass is 10.3. The summed E-state index contributed by atoms with van der Waals surface area (Å²) in [6.45, 7) is 6.39. The Balaban J connectivity index is 3.29. The largest absolute Gasteiger partial charge is 0.349 e. The van der Waals surface area contributed by atoms with Gasteiger partial charge in [-0.3, -0.25) is 15.5 Å². The highest BCUT2D eigenvalue weighted by atomic mass is 16.6. The van der Waals surface area contributed by atoms with Gasteiger partial charge in [0.05, 0.1) is 4.92 Å². The van der Waals surface area contributed by atoms with Crippen molar-refractivity contribution in [3.05, 3.63) is 16.3 Å². The average molecular weight is 240 g/mol. The van der Waals surface area contributed by atoms with Gasteiger partial charge in [0, 0.05) is 12.6 Å². The lowest BCUT2D eigenvalue weighted by Gasteiger charge is -2.25. The third-order valence-corrected chi connectivity index (χ3v) is 2.31. The molecule has 8 heteroatoms. The summed E-state index contributed by atoms with van der Waals surface area (Å²) in [5.41, 5.74) is 2.15. The van der Waals surface area contributed by atoms with Gasteiger partial charge >= 0.3 is 5.69 Å². The fraction of sp³-hybridized carbons (Fsp3) is 0.556. The van der Waals surface area contributed by atoms with Gasteiger partial charge in [0.1, 0.15) is 6.20 Å². The van der Waals surface area contributed by atoms with Crippen LogP contribution in [0.15, 0.2) is 6.20 Å². The SMILES string of the molecule is CCN(c1nc(NN)ncc1[N+](=O)[O-])C(C)C. The van der Waals surface area contributed by atoms with Crippen molar-refractivity contribution in [2.24, 2.45) is 5.84 Å². The topological polar surface area (TPSA) is 110 Å². The summed E-state index contributed by atoms with van der Waals surface area (Å²) in [4.78, 5) is 20.0. The molecule has 0 saturated carbocycles. The first kappa shape index (κ1) is 13.1. The number of hydrogen-bond acceptors (Lipinski definition) is 7. The van der Waals surface area contributed by atoms with Gasteiger partial charge in [-0.05, 0) is 20.8 Å². The number of nitrogens with one attached hydrogen (secondary N) is 1. The van der Waals surface area contributed by atoms with Crippen LogP contribution in [0.4, 0.5) is 17.5 Å². The minimum Gasteiger partial charge on any atom is -0.349 e.